The number of carbonyl (C=O) groups is 1. The molecule has 6 heteroatoms. The summed E-state index contributed by atoms with van der Waals surface area (Å²) in [6.45, 7) is 4.01. The summed E-state index contributed by atoms with van der Waals surface area (Å²) in [4.78, 5) is 17.7. The quantitative estimate of drug-likeness (QED) is 0.552. The number of aryl methyl sites for hydroxylation is 1. The van der Waals surface area contributed by atoms with E-state index >= 15 is 0 Å². The number of primary amides is 1. The summed E-state index contributed by atoms with van der Waals surface area (Å²) >= 11 is 1.32. The van der Waals surface area contributed by atoms with Crippen LogP contribution in [0.5, 0.6) is 5.75 Å². The van der Waals surface area contributed by atoms with Gasteiger partial charge in [-0.05, 0) is 37.1 Å². The number of thiophene rings is 1. The van der Waals surface area contributed by atoms with E-state index in [4.69, 9.17) is 10.5 Å². The third kappa shape index (κ3) is 3.19. The summed E-state index contributed by atoms with van der Waals surface area (Å²) in [7, 11) is 0. The number of hydrogen-bond donors (Lipinski definition) is 1. The van der Waals surface area contributed by atoms with Crippen molar-refractivity contribution in [3.8, 4) is 16.3 Å². The Balaban J connectivity index is 1.73. The maximum absolute atomic E-state index is 12.0. The molecule has 3 aromatic heterocycles. The van der Waals surface area contributed by atoms with Gasteiger partial charge in [0, 0.05) is 12.3 Å². The second-order valence-corrected chi connectivity index (χ2v) is 7.41. The summed E-state index contributed by atoms with van der Waals surface area (Å²) in [6.07, 6.45) is 3.53. The summed E-state index contributed by atoms with van der Waals surface area (Å²) in [5, 5.41) is 0. The van der Waals surface area contributed by atoms with Crippen LogP contribution in [0.25, 0.3) is 16.2 Å². The number of aromatic nitrogens is 2. The van der Waals surface area contributed by atoms with E-state index in [0.29, 0.717) is 10.6 Å². The number of ether oxygens (including phenoxy) is 1. The van der Waals surface area contributed by atoms with Crippen LogP contribution in [-0.4, -0.2) is 15.3 Å². The molecule has 0 saturated carbocycles. The Hall–Kier alpha value is -3.12. The third-order valence-electron chi connectivity index (χ3n) is 4.52. The van der Waals surface area contributed by atoms with Crippen LogP contribution in [0.4, 0.5) is 0 Å². The zero-order valence-electron chi connectivity index (χ0n) is 15.0. The van der Waals surface area contributed by atoms with E-state index in [9.17, 15) is 4.79 Å². The van der Waals surface area contributed by atoms with Gasteiger partial charge in [-0.3, -0.25) is 9.20 Å². The fraction of sp³-hybridized carbons (Fsp3) is 0.143. The molecule has 0 bridgehead atoms. The van der Waals surface area contributed by atoms with Crippen molar-refractivity contribution in [1.82, 2.24) is 9.38 Å². The molecule has 0 fully saturated rings. The first-order chi connectivity index (χ1) is 13.0. The zero-order chi connectivity index (χ0) is 19.0. The Morgan fingerprint density at radius 2 is 2.00 bits per heavy atom. The van der Waals surface area contributed by atoms with Crippen molar-refractivity contribution in [3.05, 3.63) is 76.9 Å². The average molecular weight is 377 g/mol. The third-order valence-corrected chi connectivity index (χ3v) is 5.67. The van der Waals surface area contributed by atoms with Gasteiger partial charge >= 0.3 is 0 Å². The largest absolute Gasteiger partial charge is 0.484 e. The average Bonchev–Trinajstić information content (AvgIpc) is 3.26. The first-order valence-corrected chi connectivity index (χ1v) is 9.44. The molecule has 0 aliphatic rings. The van der Waals surface area contributed by atoms with Crippen LogP contribution in [0.15, 0.2) is 60.9 Å². The highest BCUT2D eigenvalue weighted by atomic mass is 32.1. The number of benzene rings is 1. The van der Waals surface area contributed by atoms with Crippen LogP contribution in [0.1, 0.15) is 33.8 Å². The van der Waals surface area contributed by atoms with Gasteiger partial charge < -0.3 is 10.5 Å². The molecule has 1 unspecified atom stereocenters. The molecule has 1 atom stereocenters. The molecule has 5 nitrogen and oxygen atoms in total. The SMILES string of the molecule is Cc1ccccc1C(C)Oc1cc(-c2cnc3ccccn23)sc1C(N)=O. The molecule has 0 spiro atoms. The number of nitrogens with two attached hydrogens (primary N) is 1. The molecule has 4 rings (SSSR count). The molecule has 1 amide bonds. The van der Waals surface area contributed by atoms with Crippen molar-refractivity contribution in [2.45, 2.75) is 20.0 Å². The molecule has 0 radical (unpaired) electrons. The summed E-state index contributed by atoms with van der Waals surface area (Å²) in [5.74, 6) is 0.0104. The van der Waals surface area contributed by atoms with E-state index in [1.807, 2.05) is 73.0 Å². The first kappa shape index (κ1) is 17.3. The maximum atomic E-state index is 12.0. The molecule has 3 heterocycles. The molecule has 27 heavy (non-hydrogen) atoms. The maximum Gasteiger partial charge on any atom is 0.262 e. The number of nitrogens with zero attached hydrogens (tertiary/aromatic N) is 2. The number of pyridine rings is 1. The lowest BCUT2D eigenvalue weighted by atomic mass is 10.0. The number of imidazole rings is 1. The van der Waals surface area contributed by atoms with E-state index in [1.165, 1.54) is 11.3 Å². The minimum Gasteiger partial charge on any atom is -0.484 e. The van der Waals surface area contributed by atoms with Crippen molar-refractivity contribution in [2.75, 3.05) is 0 Å². The van der Waals surface area contributed by atoms with Crippen LogP contribution in [0.3, 0.4) is 0 Å². The first-order valence-electron chi connectivity index (χ1n) is 8.63. The fourth-order valence-corrected chi connectivity index (χ4v) is 4.12. The molecular weight excluding hydrogens is 358 g/mol. The second-order valence-electron chi connectivity index (χ2n) is 6.36. The Kier molecular flexibility index (Phi) is 4.41. The summed E-state index contributed by atoms with van der Waals surface area (Å²) in [5.41, 5.74) is 9.57. The highest BCUT2D eigenvalue weighted by Gasteiger charge is 2.21. The van der Waals surface area contributed by atoms with Crippen LogP contribution in [-0.2, 0) is 0 Å². The van der Waals surface area contributed by atoms with Crippen molar-refractivity contribution in [2.24, 2.45) is 5.73 Å². The summed E-state index contributed by atoms with van der Waals surface area (Å²) < 4.78 is 8.12. The van der Waals surface area contributed by atoms with E-state index < -0.39 is 5.91 Å². The van der Waals surface area contributed by atoms with Gasteiger partial charge in [-0.15, -0.1) is 11.3 Å². The van der Waals surface area contributed by atoms with Crippen molar-refractivity contribution in [1.29, 1.82) is 0 Å². The monoisotopic (exact) mass is 377 g/mol. The molecule has 0 aliphatic heterocycles. The standard InChI is InChI=1S/C21H19N3O2S/c1-13-7-3-4-8-15(13)14(2)26-17-11-18(27-20(17)21(22)25)16-12-23-19-9-5-6-10-24(16)19/h3-12,14H,1-2H3,(H2,22,25). The van der Waals surface area contributed by atoms with Crippen molar-refractivity contribution < 1.29 is 9.53 Å². The Morgan fingerprint density at radius 1 is 1.22 bits per heavy atom. The van der Waals surface area contributed by atoms with Gasteiger partial charge in [0.1, 0.15) is 22.4 Å². The lowest BCUT2D eigenvalue weighted by Crippen LogP contribution is -2.12. The number of carbonyl (C=O) groups excluding carboxylic acids is 1. The molecule has 1 aromatic carbocycles. The van der Waals surface area contributed by atoms with Gasteiger partial charge in [0.05, 0.1) is 16.8 Å². The molecular formula is C21H19N3O2S. The number of hydrogen-bond acceptors (Lipinski definition) is 4. The second kappa shape index (κ2) is 6.89. The lowest BCUT2D eigenvalue weighted by Gasteiger charge is -2.16. The van der Waals surface area contributed by atoms with Crippen LogP contribution in [0.2, 0.25) is 0 Å². The van der Waals surface area contributed by atoms with E-state index in [0.717, 1.165) is 27.3 Å². The smallest absolute Gasteiger partial charge is 0.262 e. The minimum absolute atomic E-state index is 0.200. The number of fused-ring (bicyclic) bond motifs is 1. The predicted molar refractivity (Wildman–Crippen MR) is 107 cm³/mol. The topological polar surface area (TPSA) is 69.6 Å². The molecule has 2 N–H and O–H groups in total. The van der Waals surface area contributed by atoms with E-state index in [1.54, 1.807) is 6.20 Å². The van der Waals surface area contributed by atoms with Gasteiger partial charge in [-0.1, -0.05) is 30.3 Å². The predicted octanol–water partition coefficient (Wildman–Crippen LogP) is 4.61. The van der Waals surface area contributed by atoms with Gasteiger partial charge in [0.25, 0.3) is 5.91 Å². The Bertz CT molecular complexity index is 1130. The molecule has 136 valence electrons. The Labute approximate surface area is 161 Å². The molecule has 0 saturated heterocycles. The number of rotatable bonds is 5. The zero-order valence-corrected chi connectivity index (χ0v) is 15.9. The highest BCUT2D eigenvalue weighted by molar-refractivity contribution is 7.17. The van der Waals surface area contributed by atoms with Crippen molar-refractivity contribution >= 4 is 22.9 Å². The summed E-state index contributed by atoms with van der Waals surface area (Å²) in [6, 6.07) is 15.7. The van der Waals surface area contributed by atoms with Crippen LogP contribution >= 0.6 is 11.3 Å². The Morgan fingerprint density at radius 3 is 2.78 bits per heavy atom. The van der Waals surface area contributed by atoms with Gasteiger partial charge in [-0.2, -0.15) is 0 Å². The molecule has 0 aliphatic carbocycles. The van der Waals surface area contributed by atoms with Gasteiger partial charge in [0.2, 0.25) is 0 Å². The van der Waals surface area contributed by atoms with Gasteiger partial charge in [-0.25, -0.2) is 4.98 Å². The van der Waals surface area contributed by atoms with Crippen LogP contribution in [0, 0.1) is 6.92 Å². The highest BCUT2D eigenvalue weighted by Crippen LogP contribution is 2.38. The molecule has 4 aromatic rings. The fourth-order valence-electron chi connectivity index (χ4n) is 3.17. The van der Waals surface area contributed by atoms with Crippen LogP contribution < -0.4 is 10.5 Å². The lowest BCUT2D eigenvalue weighted by molar-refractivity contribution is 0.0998. The van der Waals surface area contributed by atoms with E-state index in [-0.39, 0.29) is 6.10 Å². The van der Waals surface area contributed by atoms with E-state index in [2.05, 4.69) is 4.98 Å². The normalized spacial score (nSPS) is 12.2. The van der Waals surface area contributed by atoms with Crippen molar-refractivity contribution in [3.63, 3.8) is 0 Å². The number of amides is 1. The van der Waals surface area contributed by atoms with Gasteiger partial charge in [0.15, 0.2) is 0 Å². The minimum atomic E-state index is -0.493.